The Morgan fingerprint density at radius 2 is 2.28 bits per heavy atom. The second-order valence-electron chi connectivity index (χ2n) is 7.66. The first-order valence-electron chi connectivity index (χ1n) is 8.99. The number of fused-ring (bicyclic) bond motifs is 1. The van der Waals surface area contributed by atoms with Crippen molar-refractivity contribution in [1.29, 1.82) is 0 Å². The Hall–Kier alpha value is -1.73. The maximum Gasteiger partial charge on any atom is 0.345 e. The van der Waals surface area contributed by atoms with Crippen molar-refractivity contribution in [3.8, 4) is 0 Å². The van der Waals surface area contributed by atoms with E-state index >= 15 is 0 Å². The van der Waals surface area contributed by atoms with Gasteiger partial charge in [-0.15, -0.1) is 0 Å². The van der Waals surface area contributed by atoms with Gasteiger partial charge in [-0.3, -0.25) is 4.79 Å². The molecule has 1 saturated heterocycles. The minimum Gasteiger partial charge on any atom is -0.393 e. The summed E-state index contributed by atoms with van der Waals surface area (Å²) in [5.41, 5.74) is 0.00426. The molecule has 25 heavy (non-hydrogen) atoms. The number of hydrogen-bond acceptors (Lipinski definition) is 5. The lowest BCUT2D eigenvalue weighted by atomic mass is 9.79. The number of H-pyrrole nitrogens is 1. The summed E-state index contributed by atoms with van der Waals surface area (Å²) in [6.07, 6.45) is 2.93. The van der Waals surface area contributed by atoms with Crippen LogP contribution in [0.4, 0.5) is 0 Å². The number of aromatic nitrogens is 2. The summed E-state index contributed by atoms with van der Waals surface area (Å²) < 4.78 is 5.77. The minimum atomic E-state index is -0.498. The number of amides is 1. The van der Waals surface area contributed by atoms with E-state index in [1.54, 1.807) is 18.1 Å². The number of aliphatic hydroxyl groups is 1. The molecule has 0 bridgehead atoms. The van der Waals surface area contributed by atoms with Gasteiger partial charge in [0.25, 0.3) is 5.91 Å². The highest BCUT2D eigenvalue weighted by molar-refractivity contribution is 5.93. The van der Waals surface area contributed by atoms with E-state index in [0.717, 1.165) is 18.5 Å². The van der Waals surface area contributed by atoms with E-state index in [0.29, 0.717) is 31.7 Å². The van der Waals surface area contributed by atoms with Crippen molar-refractivity contribution in [2.24, 2.45) is 5.92 Å². The zero-order valence-electron chi connectivity index (χ0n) is 15.1. The summed E-state index contributed by atoms with van der Waals surface area (Å²) in [4.78, 5) is 33.2. The van der Waals surface area contributed by atoms with Crippen LogP contribution in [0.15, 0.2) is 10.9 Å². The van der Waals surface area contributed by atoms with Gasteiger partial charge in [0, 0.05) is 19.3 Å². The van der Waals surface area contributed by atoms with E-state index in [4.69, 9.17) is 4.74 Å². The first-order valence-corrected chi connectivity index (χ1v) is 8.99. The minimum absolute atomic E-state index is 0.173. The van der Waals surface area contributed by atoms with Crippen LogP contribution in [0.2, 0.25) is 0 Å². The lowest BCUT2D eigenvalue weighted by Crippen LogP contribution is -2.53. The van der Waals surface area contributed by atoms with Crippen LogP contribution < -0.4 is 5.69 Å². The summed E-state index contributed by atoms with van der Waals surface area (Å²) in [6.45, 7) is 4.66. The molecule has 7 nitrogen and oxygen atoms in total. The van der Waals surface area contributed by atoms with Gasteiger partial charge in [-0.1, -0.05) is 13.8 Å². The molecule has 2 heterocycles. The normalized spacial score (nSPS) is 29.1. The third kappa shape index (κ3) is 3.48. The highest BCUT2D eigenvalue weighted by atomic mass is 16.5. The Bertz CT molecular complexity index is 702. The molecular weight excluding hydrogens is 322 g/mol. The molecular formula is C18H27N3O4. The van der Waals surface area contributed by atoms with Crippen LogP contribution in [-0.4, -0.2) is 57.3 Å². The fourth-order valence-corrected chi connectivity index (χ4v) is 4.23. The van der Waals surface area contributed by atoms with Crippen molar-refractivity contribution in [2.45, 2.75) is 63.7 Å². The first-order chi connectivity index (χ1) is 11.8. The molecule has 3 atom stereocenters. The van der Waals surface area contributed by atoms with Crippen LogP contribution >= 0.6 is 0 Å². The molecule has 1 aromatic heterocycles. The highest BCUT2D eigenvalue weighted by Crippen LogP contribution is 2.42. The topological polar surface area (TPSA) is 95.5 Å². The number of aliphatic hydroxyl groups excluding tert-OH is 1. The maximum absolute atomic E-state index is 13.0. The fraction of sp³-hybridized carbons (Fsp3) is 0.722. The molecule has 3 rings (SSSR count). The summed E-state index contributed by atoms with van der Waals surface area (Å²) in [7, 11) is 1.67. The van der Waals surface area contributed by atoms with Crippen molar-refractivity contribution >= 4 is 5.91 Å². The Balaban J connectivity index is 1.88. The molecule has 2 aliphatic rings. The highest BCUT2D eigenvalue weighted by Gasteiger charge is 2.52. The molecule has 2 fully saturated rings. The number of nitrogens with one attached hydrogen (secondary N) is 1. The number of hydrogen-bond donors (Lipinski definition) is 2. The quantitative estimate of drug-likeness (QED) is 0.849. The fourth-order valence-electron chi connectivity index (χ4n) is 4.23. The summed E-state index contributed by atoms with van der Waals surface area (Å²) in [6, 6.07) is 1.50. The number of nitrogens with zero attached hydrogens (tertiary/aromatic N) is 2. The molecule has 1 amide bonds. The number of likely N-dealkylation sites (tertiary alicyclic amines) is 1. The number of rotatable bonds is 4. The first kappa shape index (κ1) is 18.1. The molecule has 1 saturated carbocycles. The van der Waals surface area contributed by atoms with Crippen LogP contribution in [0, 0.1) is 5.92 Å². The molecule has 1 aromatic rings. The van der Waals surface area contributed by atoms with Gasteiger partial charge in [-0.05, 0) is 44.1 Å². The van der Waals surface area contributed by atoms with E-state index in [2.05, 4.69) is 23.8 Å². The van der Waals surface area contributed by atoms with Crippen molar-refractivity contribution in [3.05, 3.63) is 27.9 Å². The third-order valence-electron chi connectivity index (χ3n) is 5.47. The van der Waals surface area contributed by atoms with Gasteiger partial charge in [0.2, 0.25) is 0 Å². The summed E-state index contributed by atoms with van der Waals surface area (Å²) in [5, 5.41) is 10.1. The average Bonchev–Trinajstić information content (AvgIpc) is 2.92. The third-order valence-corrected chi connectivity index (χ3v) is 5.47. The number of methoxy groups -OCH3 is 1. The zero-order chi connectivity index (χ0) is 18.2. The number of carbonyl (C=O) groups is 1. The number of aromatic amines is 1. The van der Waals surface area contributed by atoms with Gasteiger partial charge in [0.05, 0.1) is 17.7 Å². The van der Waals surface area contributed by atoms with E-state index < -0.39 is 17.4 Å². The molecule has 0 radical (unpaired) electrons. The Labute approximate surface area is 147 Å². The van der Waals surface area contributed by atoms with Crippen molar-refractivity contribution in [1.82, 2.24) is 14.9 Å². The van der Waals surface area contributed by atoms with Gasteiger partial charge in [-0.25, -0.2) is 4.79 Å². The summed E-state index contributed by atoms with van der Waals surface area (Å²) in [5.74, 6) is 0.108. The van der Waals surface area contributed by atoms with Crippen LogP contribution in [0.1, 0.15) is 55.7 Å². The molecule has 1 aliphatic heterocycles. The molecule has 0 spiro atoms. The second-order valence-corrected chi connectivity index (χ2v) is 7.66. The molecule has 2 N–H and O–H groups in total. The van der Waals surface area contributed by atoms with Crippen LogP contribution in [0.5, 0.6) is 0 Å². The SMILES string of the molecule is CO[C@@]12CCC(O)CC1N(C(=O)c1cc(CC(C)C)[nH]c(=O)n1)CC2. The molecule has 0 aromatic carbocycles. The average molecular weight is 349 g/mol. The maximum atomic E-state index is 13.0. The van der Waals surface area contributed by atoms with E-state index in [9.17, 15) is 14.7 Å². The second kappa shape index (κ2) is 6.88. The van der Waals surface area contributed by atoms with Gasteiger partial charge < -0.3 is 19.7 Å². The Morgan fingerprint density at radius 3 is 2.96 bits per heavy atom. The Kier molecular flexibility index (Phi) is 4.97. The monoisotopic (exact) mass is 349 g/mol. The predicted molar refractivity (Wildman–Crippen MR) is 92.4 cm³/mol. The van der Waals surface area contributed by atoms with Crippen molar-refractivity contribution in [2.75, 3.05) is 13.7 Å². The summed E-state index contributed by atoms with van der Waals surface area (Å²) >= 11 is 0. The number of ether oxygens (including phenoxy) is 1. The van der Waals surface area contributed by atoms with Gasteiger partial charge >= 0.3 is 5.69 Å². The van der Waals surface area contributed by atoms with E-state index in [-0.39, 0.29) is 17.6 Å². The van der Waals surface area contributed by atoms with Crippen LogP contribution in [0.25, 0.3) is 0 Å². The lowest BCUT2D eigenvalue weighted by Gasteiger charge is -2.42. The van der Waals surface area contributed by atoms with Crippen molar-refractivity contribution in [3.63, 3.8) is 0 Å². The molecule has 2 unspecified atom stereocenters. The lowest BCUT2D eigenvalue weighted by molar-refractivity contribution is -0.0824. The van der Waals surface area contributed by atoms with Gasteiger partial charge in [-0.2, -0.15) is 4.98 Å². The van der Waals surface area contributed by atoms with Crippen molar-refractivity contribution < 1.29 is 14.6 Å². The smallest absolute Gasteiger partial charge is 0.345 e. The van der Waals surface area contributed by atoms with E-state index in [1.165, 1.54) is 0 Å². The Morgan fingerprint density at radius 1 is 1.52 bits per heavy atom. The molecule has 138 valence electrons. The standard InChI is InChI=1S/C18H27N3O4/c1-11(2)8-12-9-14(20-17(24)19-12)16(23)21-7-6-18(25-3)5-4-13(22)10-15(18)21/h9,11,13,15,22H,4-8,10H2,1-3H3,(H,19,20,24)/t13?,15?,18-/m1/s1. The van der Waals surface area contributed by atoms with Gasteiger partial charge in [0.15, 0.2) is 0 Å². The van der Waals surface area contributed by atoms with Crippen LogP contribution in [0.3, 0.4) is 0 Å². The molecule has 7 heteroatoms. The van der Waals surface area contributed by atoms with Gasteiger partial charge in [0.1, 0.15) is 5.69 Å². The zero-order valence-corrected chi connectivity index (χ0v) is 15.1. The van der Waals surface area contributed by atoms with Crippen LogP contribution in [-0.2, 0) is 11.2 Å². The van der Waals surface area contributed by atoms with E-state index in [1.807, 2.05) is 0 Å². The molecule has 1 aliphatic carbocycles. The predicted octanol–water partition coefficient (Wildman–Crippen LogP) is 1.11. The largest absolute Gasteiger partial charge is 0.393 e. The number of carbonyl (C=O) groups excluding carboxylic acids is 1.